The Morgan fingerprint density at radius 2 is 1.85 bits per heavy atom. The van der Waals surface area contributed by atoms with Gasteiger partial charge in [0.2, 0.25) is 10.0 Å². The molecule has 0 amide bonds. The van der Waals surface area contributed by atoms with Crippen LogP contribution < -0.4 is 5.73 Å². The minimum atomic E-state index is -3.63. The first-order valence-electron chi connectivity index (χ1n) is 6.12. The van der Waals surface area contributed by atoms with E-state index >= 15 is 0 Å². The van der Waals surface area contributed by atoms with Crippen molar-refractivity contribution in [3.63, 3.8) is 0 Å². The van der Waals surface area contributed by atoms with E-state index in [1.807, 2.05) is 31.2 Å². The van der Waals surface area contributed by atoms with Crippen LogP contribution in [0.4, 0.5) is 5.69 Å². The average molecular weight is 291 g/mol. The predicted molar refractivity (Wildman–Crippen MR) is 78.5 cm³/mol. The van der Waals surface area contributed by atoms with E-state index in [0.717, 1.165) is 11.1 Å². The molecule has 0 saturated heterocycles. The van der Waals surface area contributed by atoms with Gasteiger partial charge in [0.25, 0.3) is 0 Å². The Bertz CT molecular complexity index is 697. The number of sulfonamides is 1. The van der Waals surface area contributed by atoms with E-state index in [2.05, 4.69) is 4.98 Å². The van der Waals surface area contributed by atoms with Crippen molar-refractivity contribution in [2.75, 3.05) is 12.8 Å². The third-order valence-corrected chi connectivity index (χ3v) is 4.88. The molecule has 1 heterocycles. The van der Waals surface area contributed by atoms with Crippen LogP contribution in [-0.2, 0) is 16.6 Å². The highest BCUT2D eigenvalue weighted by atomic mass is 32.2. The number of aryl methyl sites for hydroxylation is 1. The molecule has 0 atom stereocenters. The second-order valence-electron chi connectivity index (χ2n) is 4.66. The van der Waals surface area contributed by atoms with Gasteiger partial charge in [-0.25, -0.2) is 8.42 Å². The largest absolute Gasteiger partial charge is 0.398 e. The fourth-order valence-electron chi connectivity index (χ4n) is 1.81. The molecule has 0 bridgehead atoms. The Hall–Kier alpha value is -1.92. The van der Waals surface area contributed by atoms with E-state index in [1.54, 1.807) is 0 Å². The Kier molecular flexibility index (Phi) is 4.06. The van der Waals surface area contributed by atoms with Gasteiger partial charge in [0.05, 0.1) is 5.69 Å². The molecule has 2 rings (SSSR count). The molecule has 0 aliphatic heterocycles. The van der Waals surface area contributed by atoms with E-state index in [-0.39, 0.29) is 17.1 Å². The summed E-state index contributed by atoms with van der Waals surface area (Å²) in [6, 6.07) is 9.21. The highest BCUT2D eigenvalue weighted by Crippen LogP contribution is 2.21. The molecule has 1 aromatic heterocycles. The number of rotatable bonds is 4. The summed E-state index contributed by atoms with van der Waals surface area (Å²) < 4.78 is 26.1. The first-order valence-corrected chi connectivity index (χ1v) is 7.56. The SMILES string of the molecule is Cc1ccc(CN(C)S(=O)(=O)c2cnccc2N)cc1. The highest BCUT2D eigenvalue weighted by molar-refractivity contribution is 7.89. The van der Waals surface area contributed by atoms with Crippen LogP contribution >= 0.6 is 0 Å². The fraction of sp³-hybridized carbons (Fsp3) is 0.214. The number of nitrogen functional groups attached to an aromatic ring is 1. The summed E-state index contributed by atoms with van der Waals surface area (Å²) in [6.07, 6.45) is 2.74. The van der Waals surface area contributed by atoms with Gasteiger partial charge in [-0.3, -0.25) is 4.98 Å². The Labute approximate surface area is 119 Å². The van der Waals surface area contributed by atoms with E-state index < -0.39 is 10.0 Å². The molecule has 0 saturated carbocycles. The van der Waals surface area contributed by atoms with Crippen molar-refractivity contribution in [3.8, 4) is 0 Å². The number of nitrogens with zero attached hydrogens (tertiary/aromatic N) is 2. The Balaban J connectivity index is 2.26. The molecule has 0 spiro atoms. The highest BCUT2D eigenvalue weighted by Gasteiger charge is 2.23. The lowest BCUT2D eigenvalue weighted by molar-refractivity contribution is 0.467. The smallest absolute Gasteiger partial charge is 0.246 e. The van der Waals surface area contributed by atoms with E-state index in [1.165, 1.54) is 29.8 Å². The zero-order valence-corrected chi connectivity index (χ0v) is 12.3. The molecule has 0 unspecified atom stereocenters. The first kappa shape index (κ1) is 14.5. The van der Waals surface area contributed by atoms with Crippen LogP contribution in [0.3, 0.4) is 0 Å². The molecule has 0 aliphatic rings. The zero-order valence-electron chi connectivity index (χ0n) is 11.4. The Morgan fingerprint density at radius 1 is 1.20 bits per heavy atom. The van der Waals surface area contributed by atoms with Crippen molar-refractivity contribution < 1.29 is 8.42 Å². The Morgan fingerprint density at radius 3 is 2.45 bits per heavy atom. The maximum absolute atomic E-state index is 12.4. The van der Waals surface area contributed by atoms with Gasteiger partial charge < -0.3 is 5.73 Å². The minimum Gasteiger partial charge on any atom is -0.398 e. The lowest BCUT2D eigenvalue weighted by Crippen LogP contribution is -2.27. The second-order valence-corrected chi connectivity index (χ2v) is 6.67. The molecular formula is C14H17N3O2S. The van der Waals surface area contributed by atoms with Gasteiger partial charge in [-0.05, 0) is 18.6 Å². The molecule has 2 N–H and O–H groups in total. The predicted octanol–water partition coefficient (Wildman–Crippen LogP) is 1.79. The maximum Gasteiger partial charge on any atom is 0.246 e. The number of anilines is 1. The zero-order chi connectivity index (χ0) is 14.8. The van der Waals surface area contributed by atoms with E-state index in [4.69, 9.17) is 5.73 Å². The van der Waals surface area contributed by atoms with E-state index in [0.29, 0.717) is 0 Å². The summed E-state index contributed by atoms with van der Waals surface area (Å²) in [5.41, 5.74) is 7.97. The monoisotopic (exact) mass is 291 g/mol. The van der Waals surface area contributed by atoms with Crippen LogP contribution in [0.25, 0.3) is 0 Å². The third kappa shape index (κ3) is 2.97. The molecule has 1 aromatic carbocycles. The van der Waals surface area contributed by atoms with Gasteiger partial charge >= 0.3 is 0 Å². The van der Waals surface area contributed by atoms with Crippen LogP contribution in [0.15, 0.2) is 47.6 Å². The summed E-state index contributed by atoms with van der Waals surface area (Å²) >= 11 is 0. The van der Waals surface area contributed by atoms with Crippen LogP contribution in [0, 0.1) is 6.92 Å². The van der Waals surface area contributed by atoms with Crippen LogP contribution in [0.2, 0.25) is 0 Å². The second kappa shape index (κ2) is 5.60. The number of pyridine rings is 1. The molecule has 20 heavy (non-hydrogen) atoms. The van der Waals surface area contributed by atoms with Crippen molar-refractivity contribution >= 4 is 15.7 Å². The van der Waals surface area contributed by atoms with Gasteiger partial charge in [0, 0.05) is 26.0 Å². The molecule has 0 radical (unpaired) electrons. The number of benzene rings is 1. The van der Waals surface area contributed by atoms with Crippen molar-refractivity contribution in [2.45, 2.75) is 18.4 Å². The van der Waals surface area contributed by atoms with Gasteiger partial charge in [0.15, 0.2) is 0 Å². The lowest BCUT2D eigenvalue weighted by Gasteiger charge is -2.18. The summed E-state index contributed by atoms with van der Waals surface area (Å²) in [4.78, 5) is 3.86. The van der Waals surface area contributed by atoms with Crippen LogP contribution in [-0.4, -0.2) is 24.8 Å². The topological polar surface area (TPSA) is 76.3 Å². The standard InChI is InChI=1S/C14H17N3O2S/c1-11-3-5-12(6-4-11)10-17(2)20(18,19)14-9-16-8-7-13(14)15/h3-9H,10H2,1-2H3,(H2,15,16). The molecule has 5 nitrogen and oxygen atoms in total. The van der Waals surface area contributed by atoms with Crippen LogP contribution in [0.5, 0.6) is 0 Å². The molecule has 2 aromatic rings. The lowest BCUT2D eigenvalue weighted by atomic mass is 10.1. The molecule has 106 valence electrons. The van der Waals surface area contributed by atoms with Gasteiger partial charge in [0.1, 0.15) is 4.90 Å². The summed E-state index contributed by atoms with van der Waals surface area (Å²) in [5, 5.41) is 0. The number of hydrogen-bond acceptors (Lipinski definition) is 4. The normalized spacial score (nSPS) is 11.8. The summed E-state index contributed by atoms with van der Waals surface area (Å²) in [6.45, 7) is 2.28. The first-order chi connectivity index (χ1) is 9.41. The van der Waals surface area contributed by atoms with Crippen molar-refractivity contribution in [1.82, 2.24) is 9.29 Å². The molecule has 0 aliphatic carbocycles. The molecule has 6 heteroatoms. The summed E-state index contributed by atoms with van der Waals surface area (Å²) in [5.74, 6) is 0. The number of aromatic nitrogens is 1. The van der Waals surface area contributed by atoms with Gasteiger partial charge in [-0.1, -0.05) is 29.8 Å². The van der Waals surface area contributed by atoms with Gasteiger partial charge in [-0.2, -0.15) is 4.31 Å². The molecule has 0 fully saturated rings. The maximum atomic E-state index is 12.4. The fourth-order valence-corrected chi connectivity index (χ4v) is 3.02. The van der Waals surface area contributed by atoms with Gasteiger partial charge in [-0.15, -0.1) is 0 Å². The van der Waals surface area contributed by atoms with Crippen LogP contribution in [0.1, 0.15) is 11.1 Å². The van der Waals surface area contributed by atoms with E-state index in [9.17, 15) is 8.42 Å². The number of nitrogens with two attached hydrogens (primary N) is 1. The average Bonchev–Trinajstić information content (AvgIpc) is 2.41. The van der Waals surface area contributed by atoms with Crippen molar-refractivity contribution in [3.05, 3.63) is 53.9 Å². The quantitative estimate of drug-likeness (QED) is 0.931. The molecular weight excluding hydrogens is 274 g/mol. The summed E-state index contributed by atoms with van der Waals surface area (Å²) in [7, 11) is -2.10. The van der Waals surface area contributed by atoms with Crippen molar-refractivity contribution in [2.24, 2.45) is 0 Å². The van der Waals surface area contributed by atoms with Crippen molar-refractivity contribution in [1.29, 1.82) is 0 Å². The minimum absolute atomic E-state index is 0.0367. The number of hydrogen-bond donors (Lipinski definition) is 1. The third-order valence-electron chi connectivity index (χ3n) is 3.03.